The third-order valence-electron chi connectivity index (χ3n) is 2.05. The smallest absolute Gasteiger partial charge is 0.506 e. The number of allylic oxidation sites excluding steroid dienone is 2. The van der Waals surface area contributed by atoms with Crippen LogP contribution in [-0.2, 0) is 0 Å². The van der Waals surface area contributed by atoms with Crippen LogP contribution in [0.15, 0.2) is 29.5 Å². The van der Waals surface area contributed by atoms with Crippen LogP contribution in [0, 0.1) is 34.0 Å². The number of aromatic hydroxyl groups is 1. The molecule has 21 heavy (non-hydrogen) atoms. The number of alkyl halides is 3. The number of nitrogens with one attached hydrogen (secondary N) is 1. The number of phenolic OH excluding ortho intramolecular Hbond substituents is 1. The number of anilines is 1. The molecular formula is C12H5F3N4O2. The first-order valence-corrected chi connectivity index (χ1v) is 5.11. The number of benzene rings is 1. The molecule has 1 aromatic carbocycles. The summed E-state index contributed by atoms with van der Waals surface area (Å²) in [5, 5.41) is 37.8. The van der Waals surface area contributed by atoms with Crippen LogP contribution >= 0.6 is 0 Å². The second kappa shape index (κ2) is 6.18. The van der Waals surface area contributed by atoms with E-state index in [9.17, 15) is 18.3 Å². The highest BCUT2D eigenvalue weighted by Gasteiger charge is 2.31. The quantitative estimate of drug-likeness (QED) is 0.654. The Kier molecular flexibility index (Phi) is 4.61. The molecule has 6 nitrogen and oxygen atoms in total. The summed E-state index contributed by atoms with van der Waals surface area (Å²) >= 11 is 0. The van der Waals surface area contributed by atoms with Crippen molar-refractivity contribution in [3.8, 4) is 29.7 Å². The van der Waals surface area contributed by atoms with Crippen molar-refractivity contribution in [2.75, 3.05) is 5.32 Å². The Bertz CT molecular complexity index is 689. The van der Waals surface area contributed by atoms with E-state index in [0.717, 1.165) is 18.2 Å². The molecule has 0 aliphatic heterocycles. The van der Waals surface area contributed by atoms with Crippen LogP contribution in [0.25, 0.3) is 0 Å². The number of hydrogen-bond donors (Lipinski definition) is 2. The van der Waals surface area contributed by atoms with Crippen LogP contribution in [-0.4, -0.2) is 11.5 Å². The van der Waals surface area contributed by atoms with Gasteiger partial charge in [-0.2, -0.15) is 15.8 Å². The van der Waals surface area contributed by atoms with Crippen LogP contribution in [0.4, 0.5) is 18.9 Å². The third kappa shape index (κ3) is 4.34. The minimum Gasteiger partial charge on any atom is -0.506 e. The first-order chi connectivity index (χ1) is 9.80. The lowest BCUT2D eigenvalue weighted by molar-refractivity contribution is -0.274. The zero-order valence-corrected chi connectivity index (χ0v) is 10.1. The van der Waals surface area contributed by atoms with Crippen molar-refractivity contribution >= 4 is 5.69 Å². The molecule has 0 bridgehead atoms. The van der Waals surface area contributed by atoms with E-state index in [1.54, 1.807) is 0 Å². The molecule has 0 aliphatic rings. The summed E-state index contributed by atoms with van der Waals surface area (Å²) < 4.78 is 39.9. The topological polar surface area (TPSA) is 113 Å². The van der Waals surface area contributed by atoms with E-state index >= 15 is 0 Å². The zero-order valence-electron chi connectivity index (χ0n) is 10.1. The molecule has 0 aromatic heterocycles. The first-order valence-electron chi connectivity index (χ1n) is 5.11. The highest BCUT2D eigenvalue weighted by molar-refractivity contribution is 5.65. The standard InChI is InChI=1S/C12H5F3N4O2/c13-12(14,15)21-8-1-2-11(20)9(3-8)19-10(6-18)7(4-16)5-17/h1-3,19-20H. The Balaban J connectivity index is 3.18. The summed E-state index contributed by atoms with van der Waals surface area (Å²) in [5.41, 5.74) is -1.42. The Morgan fingerprint density at radius 3 is 2.24 bits per heavy atom. The molecule has 0 aliphatic carbocycles. The molecule has 0 fully saturated rings. The van der Waals surface area contributed by atoms with Crippen LogP contribution in [0.1, 0.15) is 0 Å². The van der Waals surface area contributed by atoms with Gasteiger partial charge in [-0.1, -0.05) is 0 Å². The maximum Gasteiger partial charge on any atom is 0.573 e. The monoisotopic (exact) mass is 294 g/mol. The van der Waals surface area contributed by atoms with E-state index in [2.05, 4.69) is 10.1 Å². The number of rotatable bonds is 3. The van der Waals surface area contributed by atoms with Crippen LogP contribution in [0.2, 0.25) is 0 Å². The van der Waals surface area contributed by atoms with Crippen molar-refractivity contribution < 1.29 is 23.0 Å². The summed E-state index contributed by atoms with van der Waals surface area (Å²) in [5.74, 6) is -1.14. The van der Waals surface area contributed by atoms with Crippen molar-refractivity contribution in [2.24, 2.45) is 0 Å². The summed E-state index contributed by atoms with van der Waals surface area (Å²) in [6, 6.07) is 6.90. The van der Waals surface area contributed by atoms with Gasteiger partial charge in [0.25, 0.3) is 0 Å². The molecule has 1 rings (SSSR count). The fourth-order valence-corrected chi connectivity index (χ4v) is 1.23. The minimum absolute atomic E-state index is 0.323. The van der Waals surface area contributed by atoms with Crippen molar-refractivity contribution in [3.05, 3.63) is 29.5 Å². The van der Waals surface area contributed by atoms with Gasteiger partial charge >= 0.3 is 6.36 Å². The van der Waals surface area contributed by atoms with Crippen molar-refractivity contribution in [3.63, 3.8) is 0 Å². The normalized spacial score (nSPS) is 9.71. The average Bonchev–Trinajstić information content (AvgIpc) is 2.40. The molecule has 2 N–H and O–H groups in total. The van der Waals surface area contributed by atoms with Gasteiger partial charge < -0.3 is 15.2 Å². The second-order valence-electron chi connectivity index (χ2n) is 3.44. The first kappa shape index (κ1) is 15.7. The Morgan fingerprint density at radius 1 is 1.14 bits per heavy atom. The number of phenols is 1. The molecule has 0 spiro atoms. The number of hydrogen-bond acceptors (Lipinski definition) is 6. The van der Waals surface area contributed by atoms with E-state index in [4.69, 9.17) is 15.8 Å². The van der Waals surface area contributed by atoms with Crippen molar-refractivity contribution in [1.29, 1.82) is 15.8 Å². The Hall–Kier alpha value is -3.38. The van der Waals surface area contributed by atoms with E-state index < -0.39 is 29.1 Å². The molecule has 0 saturated carbocycles. The molecule has 1 aromatic rings. The molecule has 0 radical (unpaired) electrons. The highest BCUT2D eigenvalue weighted by Crippen LogP contribution is 2.32. The number of halogens is 3. The van der Waals surface area contributed by atoms with Gasteiger partial charge in [0.2, 0.25) is 0 Å². The number of nitrogens with zero attached hydrogens (tertiary/aromatic N) is 3. The molecule has 0 saturated heterocycles. The SMILES string of the molecule is N#CC(C#N)=C(C#N)Nc1cc(OC(F)(F)F)ccc1O. The lowest BCUT2D eigenvalue weighted by atomic mass is 10.2. The van der Waals surface area contributed by atoms with Gasteiger partial charge in [-0.25, -0.2) is 0 Å². The van der Waals surface area contributed by atoms with Gasteiger partial charge in [-0.05, 0) is 12.1 Å². The Morgan fingerprint density at radius 2 is 1.76 bits per heavy atom. The molecule has 0 unspecified atom stereocenters. The maximum atomic E-state index is 12.1. The van der Waals surface area contributed by atoms with Crippen molar-refractivity contribution in [2.45, 2.75) is 6.36 Å². The minimum atomic E-state index is -4.92. The van der Waals surface area contributed by atoms with E-state index in [-0.39, 0.29) is 5.69 Å². The van der Waals surface area contributed by atoms with Crippen molar-refractivity contribution in [1.82, 2.24) is 0 Å². The lowest BCUT2D eigenvalue weighted by Crippen LogP contribution is -2.17. The van der Waals surface area contributed by atoms with Crippen LogP contribution in [0.3, 0.4) is 0 Å². The molecular weight excluding hydrogens is 289 g/mol. The maximum absolute atomic E-state index is 12.1. The lowest BCUT2D eigenvalue weighted by Gasteiger charge is -2.12. The Labute approximate surface area is 116 Å². The summed E-state index contributed by atoms with van der Waals surface area (Å²) in [6.07, 6.45) is -4.92. The summed E-state index contributed by atoms with van der Waals surface area (Å²) in [7, 11) is 0. The van der Waals surface area contributed by atoms with Gasteiger partial charge in [0.1, 0.15) is 35.4 Å². The zero-order chi connectivity index (χ0) is 16.0. The van der Waals surface area contributed by atoms with Gasteiger partial charge in [-0.15, -0.1) is 13.2 Å². The van der Waals surface area contributed by atoms with Gasteiger partial charge in [-0.3, -0.25) is 0 Å². The predicted molar refractivity (Wildman–Crippen MR) is 62.3 cm³/mol. The predicted octanol–water partition coefficient (Wildman–Crippen LogP) is 2.53. The number of nitriles is 3. The highest BCUT2D eigenvalue weighted by atomic mass is 19.4. The number of ether oxygens (including phenoxy) is 1. The summed E-state index contributed by atoms with van der Waals surface area (Å²) in [6.45, 7) is 0. The van der Waals surface area contributed by atoms with E-state index in [1.165, 1.54) is 18.2 Å². The molecule has 0 heterocycles. The van der Waals surface area contributed by atoms with E-state index in [0.29, 0.717) is 0 Å². The van der Waals surface area contributed by atoms with Gasteiger partial charge in [0.15, 0.2) is 5.57 Å². The van der Waals surface area contributed by atoms with Gasteiger partial charge in [0.05, 0.1) is 5.69 Å². The fourth-order valence-electron chi connectivity index (χ4n) is 1.23. The molecule has 0 atom stereocenters. The van der Waals surface area contributed by atoms with Gasteiger partial charge in [0, 0.05) is 6.07 Å². The molecule has 0 amide bonds. The second-order valence-corrected chi connectivity index (χ2v) is 3.44. The average molecular weight is 294 g/mol. The summed E-state index contributed by atoms with van der Waals surface area (Å²) in [4.78, 5) is 0. The van der Waals surface area contributed by atoms with E-state index in [1.807, 2.05) is 0 Å². The van der Waals surface area contributed by atoms with Crippen LogP contribution < -0.4 is 10.1 Å². The third-order valence-corrected chi connectivity index (χ3v) is 2.05. The largest absolute Gasteiger partial charge is 0.573 e. The molecule has 106 valence electrons. The fraction of sp³-hybridized carbons (Fsp3) is 0.0833. The van der Waals surface area contributed by atoms with Crippen LogP contribution in [0.5, 0.6) is 11.5 Å². The molecule has 9 heteroatoms.